The summed E-state index contributed by atoms with van der Waals surface area (Å²) in [7, 11) is 0. The first kappa shape index (κ1) is 72.3. The minimum Gasteiger partial charge on any atom is -0.466 e. The first-order chi connectivity index (χ1) is 36.5. The monoisotopic (exact) mass is 1040 g/mol. The number of aliphatic hydroxyl groups is 2. The topological polar surface area (TPSA) is 95.9 Å². The third-order valence-corrected chi connectivity index (χ3v) is 15.8. The summed E-state index contributed by atoms with van der Waals surface area (Å²) in [5.74, 6) is -0.0232. The zero-order valence-electron chi connectivity index (χ0n) is 50.1. The van der Waals surface area contributed by atoms with E-state index in [1.54, 1.807) is 0 Å². The SMILES string of the molecule is CCCCC/C=C\C/C=C\CCCCCCCC(=O)OCCCCCCCCCCCCCCCCCCCCCCCCCCCCCCCCCC(=O)NC(CO)C(O)CCCCCCCCCCCCC. The third kappa shape index (κ3) is 59.6. The van der Waals surface area contributed by atoms with Gasteiger partial charge < -0.3 is 20.3 Å². The van der Waals surface area contributed by atoms with Crippen molar-refractivity contribution in [2.24, 2.45) is 0 Å². The van der Waals surface area contributed by atoms with Crippen LogP contribution in [0.15, 0.2) is 24.3 Å². The maximum Gasteiger partial charge on any atom is 0.305 e. The van der Waals surface area contributed by atoms with Gasteiger partial charge in [0.15, 0.2) is 0 Å². The average molecular weight is 1040 g/mol. The summed E-state index contributed by atoms with van der Waals surface area (Å²) in [5.41, 5.74) is 0. The van der Waals surface area contributed by atoms with Crippen molar-refractivity contribution in [1.82, 2.24) is 5.32 Å². The van der Waals surface area contributed by atoms with Gasteiger partial charge in [-0.2, -0.15) is 0 Å². The molecule has 438 valence electrons. The van der Waals surface area contributed by atoms with E-state index in [9.17, 15) is 19.8 Å². The number of hydrogen-bond donors (Lipinski definition) is 3. The van der Waals surface area contributed by atoms with Crippen LogP contribution in [0.5, 0.6) is 0 Å². The Morgan fingerprint density at radius 3 is 1.05 bits per heavy atom. The number of amides is 1. The van der Waals surface area contributed by atoms with Gasteiger partial charge in [0.05, 0.1) is 25.4 Å². The van der Waals surface area contributed by atoms with Crippen molar-refractivity contribution in [3.05, 3.63) is 24.3 Å². The van der Waals surface area contributed by atoms with Crippen LogP contribution in [0.1, 0.15) is 373 Å². The molecule has 0 spiro atoms. The highest BCUT2D eigenvalue weighted by Crippen LogP contribution is 2.19. The van der Waals surface area contributed by atoms with E-state index in [1.807, 2.05) is 0 Å². The summed E-state index contributed by atoms with van der Waals surface area (Å²) in [6.07, 6.45) is 79.4. The molecule has 0 radical (unpaired) electrons. The second-order valence-electron chi connectivity index (χ2n) is 23.2. The number of allylic oxidation sites excluding steroid dienone is 4. The molecule has 0 bridgehead atoms. The van der Waals surface area contributed by atoms with Crippen LogP contribution in [-0.4, -0.2) is 47.4 Å². The van der Waals surface area contributed by atoms with Gasteiger partial charge in [0, 0.05) is 12.8 Å². The van der Waals surface area contributed by atoms with Crippen LogP contribution in [0, 0.1) is 0 Å². The van der Waals surface area contributed by atoms with Gasteiger partial charge in [-0.15, -0.1) is 0 Å². The molecule has 0 fully saturated rings. The van der Waals surface area contributed by atoms with Crippen LogP contribution in [0.25, 0.3) is 0 Å². The lowest BCUT2D eigenvalue weighted by atomic mass is 10.0. The van der Waals surface area contributed by atoms with E-state index in [2.05, 4.69) is 43.5 Å². The smallest absolute Gasteiger partial charge is 0.305 e. The molecule has 0 aliphatic carbocycles. The van der Waals surface area contributed by atoms with Gasteiger partial charge in [-0.05, 0) is 57.8 Å². The summed E-state index contributed by atoms with van der Waals surface area (Å²) in [5, 5.41) is 23.2. The van der Waals surface area contributed by atoms with Crippen molar-refractivity contribution >= 4 is 11.9 Å². The van der Waals surface area contributed by atoms with Crippen LogP contribution in [0.2, 0.25) is 0 Å². The molecular formula is C68H131NO5. The first-order valence-corrected chi connectivity index (χ1v) is 33.6. The van der Waals surface area contributed by atoms with Crippen molar-refractivity contribution in [3.8, 4) is 0 Å². The van der Waals surface area contributed by atoms with Gasteiger partial charge in [0.1, 0.15) is 0 Å². The molecule has 0 aliphatic heterocycles. The number of unbranched alkanes of at least 4 members (excludes halogenated alkanes) is 48. The number of nitrogens with one attached hydrogen (secondary N) is 1. The molecule has 74 heavy (non-hydrogen) atoms. The van der Waals surface area contributed by atoms with E-state index >= 15 is 0 Å². The lowest BCUT2D eigenvalue weighted by Gasteiger charge is -2.22. The second-order valence-corrected chi connectivity index (χ2v) is 23.2. The Morgan fingerprint density at radius 2 is 0.676 bits per heavy atom. The fourth-order valence-electron chi connectivity index (χ4n) is 10.6. The molecule has 0 heterocycles. The molecule has 2 unspecified atom stereocenters. The number of hydrogen-bond acceptors (Lipinski definition) is 5. The van der Waals surface area contributed by atoms with Gasteiger partial charge in [-0.3, -0.25) is 9.59 Å². The number of ether oxygens (including phenoxy) is 1. The number of carbonyl (C=O) groups is 2. The quantitative estimate of drug-likeness (QED) is 0.0320. The molecule has 6 heteroatoms. The van der Waals surface area contributed by atoms with Gasteiger partial charge in [-0.25, -0.2) is 0 Å². The molecule has 0 rings (SSSR count). The number of aliphatic hydroxyl groups excluding tert-OH is 2. The van der Waals surface area contributed by atoms with E-state index in [0.717, 1.165) is 51.4 Å². The number of rotatable bonds is 63. The normalized spacial score (nSPS) is 12.6. The molecule has 2 atom stereocenters. The maximum absolute atomic E-state index is 12.5. The molecule has 0 aromatic carbocycles. The lowest BCUT2D eigenvalue weighted by Crippen LogP contribution is -2.45. The van der Waals surface area contributed by atoms with Crippen LogP contribution in [0.4, 0.5) is 0 Å². The Labute approximate surface area is 462 Å². The zero-order valence-corrected chi connectivity index (χ0v) is 50.1. The highest BCUT2D eigenvalue weighted by Gasteiger charge is 2.20. The molecule has 6 nitrogen and oxygen atoms in total. The van der Waals surface area contributed by atoms with Crippen LogP contribution >= 0.6 is 0 Å². The largest absolute Gasteiger partial charge is 0.466 e. The standard InChI is InChI=1S/C68H131NO5/c1-3-5-7-9-11-13-15-16-34-38-42-46-50-54-58-62-68(73)74-63-59-55-51-47-43-39-36-33-31-29-27-25-23-21-19-17-18-20-22-24-26-28-30-32-35-37-41-45-49-53-57-61-67(72)69-65(64-70)66(71)60-56-52-48-44-40-14-12-10-8-6-4-2/h11,13,16,34,65-66,70-71H,3-10,12,14-15,17-33,35-64H2,1-2H3,(H,69,72)/b13-11-,34-16-. The minimum atomic E-state index is -0.659. The predicted octanol–water partition coefficient (Wildman–Crippen LogP) is 21.4. The van der Waals surface area contributed by atoms with E-state index in [-0.39, 0.29) is 18.5 Å². The summed E-state index contributed by atoms with van der Waals surface area (Å²) < 4.78 is 5.49. The summed E-state index contributed by atoms with van der Waals surface area (Å²) in [4.78, 5) is 24.5. The Bertz CT molecular complexity index is 1150. The molecule has 1 amide bonds. The van der Waals surface area contributed by atoms with E-state index in [0.29, 0.717) is 25.9 Å². The molecular weight excluding hydrogens is 911 g/mol. The van der Waals surface area contributed by atoms with Crippen molar-refractivity contribution in [2.75, 3.05) is 13.2 Å². The van der Waals surface area contributed by atoms with Crippen LogP contribution < -0.4 is 5.32 Å². The van der Waals surface area contributed by atoms with Crippen LogP contribution in [0.3, 0.4) is 0 Å². The molecule has 0 aliphatic rings. The highest BCUT2D eigenvalue weighted by molar-refractivity contribution is 5.76. The molecule has 0 aromatic heterocycles. The molecule has 0 saturated carbocycles. The fourth-order valence-corrected chi connectivity index (χ4v) is 10.6. The van der Waals surface area contributed by atoms with Crippen LogP contribution in [-0.2, 0) is 14.3 Å². The molecule has 3 N–H and O–H groups in total. The Hall–Kier alpha value is -1.66. The number of carbonyl (C=O) groups excluding carboxylic acids is 2. The van der Waals surface area contributed by atoms with Gasteiger partial charge in [0.2, 0.25) is 5.91 Å². The summed E-state index contributed by atoms with van der Waals surface area (Å²) in [6.45, 7) is 4.94. The lowest BCUT2D eigenvalue weighted by molar-refractivity contribution is -0.143. The summed E-state index contributed by atoms with van der Waals surface area (Å²) in [6, 6.07) is -0.536. The minimum absolute atomic E-state index is 0.00696. The fraction of sp³-hybridized carbons (Fsp3) is 0.912. The first-order valence-electron chi connectivity index (χ1n) is 33.6. The maximum atomic E-state index is 12.5. The van der Waals surface area contributed by atoms with Crippen molar-refractivity contribution in [3.63, 3.8) is 0 Å². The third-order valence-electron chi connectivity index (χ3n) is 15.8. The van der Waals surface area contributed by atoms with Gasteiger partial charge in [-0.1, -0.05) is 327 Å². The van der Waals surface area contributed by atoms with E-state index < -0.39 is 12.1 Å². The van der Waals surface area contributed by atoms with E-state index in [4.69, 9.17) is 4.74 Å². The van der Waals surface area contributed by atoms with Crippen molar-refractivity contribution in [2.45, 2.75) is 386 Å². The second kappa shape index (κ2) is 63.9. The van der Waals surface area contributed by atoms with Gasteiger partial charge >= 0.3 is 5.97 Å². The van der Waals surface area contributed by atoms with Crippen molar-refractivity contribution < 1.29 is 24.5 Å². The summed E-state index contributed by atoms with van der Waals surface area (Å²) >= 11 is 0. The zero-order chi connectivity index (χ0) is 53.6. The molecule has 0 aromatic rings. The van der Waals surface area contributed by atoms with Crippen molar-refractivity contribution in [1.29, 1.82) is 0 Å². The van der Waals surface area contributed by atoms with E-state index in [1.165, 1.54) is 289 Å². The highest BCUT2D eigenvalue weighted by atomic mass is 16.5. The average Bonchev–Trinajstić information content (AvgIpc) is 3.40. The Morgan fingerprint density at radius 1 is 0.378 bits per heavy atom. The van der Waals surface area contributed by atoms with Gasteiger partial charge in [0.25, 0.3) is 0 Å². The molecule has 0 saturated heterocycles. The Kier molecular flexibility index (Phi) is 62.4. The predicted molar refractivity (Wildman–Crippen MR) is 324 cm³/mol. The number of esters is 1. The Balaban J connectivity index is 3.30.